The zero-order chi connectivity index (χ0) is 22.0. The lowest BCUT2D eigenvalue weighted by Gasteiger charge is -2.19. The molecule has 4 rings (SSSR count). The monoisotopic (exact) mass is 451 g/mol. The second kappa shape index (κ2) is 8.80. The number of hydrogen-bond acceptors (Lipinski definition) is 7. The summed E-state index contributed by atoms with van der Waals surface area (Å²) in [6, 6.07) is 12.5. The lowest BCUT2D eigenvalue weighted by atomic mass is 9.87. The lowest BCUT2D eigenvalue weighted by Crippen LogP contribution is -2.10. The van der Waals surface area contributed by atoms with Crippen molar-refractivity contribution >= 4 is 23.1 Å². The molecule has 6 nitrogen and oxygen atoms in total. The fraction of sp³-hybridized carbons (Fsp3) is 0.304. The van der Waals surface area contributed by atoms with Crippen LogP contribution in [-0.4, -0.2) is 25.0 Å². The van der Waals surface area contributed by atoms with Gasteiger partial charge in [-0.3, -0.25) is 4.57 Å². The van der Waals surface area contributed by atoms with Crippen LogP contribution >= 0.6 is 23.1 Å². The van der Waals surface area contributed by atoms with Crippen molar-refractivity contribution in [3.63, 3.8) is 0 Å². The van der Waals surface area contributed by atoms with Crippen LogP contribution in [0.25, 0.3) is 22.2 Å². The summed E-state index contributed by atoms with van der Waals surface area (Å²) in [6.07, 6.45) is 1.85. The zero-order valence-corrected chi connectivity index (χ0v) is 19.7. The van der Waals surface area contributed by atoms with Crippen LogP contribution in [-0.2, 0) is 12.0 Å². The van der Waals surface area contributed by atoms with Gasteiger partial charge in [0, 0.05) is 12.1 Å². The molecule has 1 atom stereocenters. The largest absolute Gasteiger partial charge is 0.419 e. The van der Waals surface area contributed by atoms with E-state index in [1.165, 1.54) is 5.56 Å². The molecule has 0 saturated carbocycles. The van der Waals surface area contributed by atoms with Crippen LogP contribution in [0.3, 0.4) is 0 Å². The molecule has 0 N–H and O–H groups in total. The molecule has 0 radical (unpaired) electrons. The summed E-state index contributed by atoms with van der Waals surface area (Å²) in [7, 11) is 0. The normalized spacial score (nSPS) is 12.8. The summed E-state index contributed by atoms with van der Waals surface area (Å²) in [5.41, 5.74) is 2.42. The number of thioether (sulfide) groups is 1. The van der Waals surface area contributed by atoms with Crippen LogP contribution in [0, 0.1) is 0 Å². The van der Waals surface area contributed by atoms with Gasteiger partial charge < -0.3 is 4.42 Å². The first-order chi connectivity index (χ1) is 14.9. The lowest BCUT2D eigenvalue weighted by molar-refractivity contribution is 0.509. The van der Waals surface area contributed by atoms with E-state index < -0.39 is 0 Å². The first-order valence-corrected chi connectivity index (χ1v) is 11.8. The molecule has 0 aliphatic heterocycles. The molecule has 1 aromatic carbocycles. The Bertz CT molecular complexity index is 1150. The van der Waals surface area contributed by atoms with E-state index in [1.807, 2.05) is 30.5 Å². The van der Waals surface area contributed by atoms with Crippen molar-refractivity contribution in [1.82, 2.24) is 25.0 Å². The Hall–Kier alpha value is -2.71. The molecule has 0 aliphatic rings. The molecule has 3 heterocycles. The Morgan fingerprint density at radius 1 is 1.13 bits per heavy atom. The number of benzene rings is 1. The van der Waals surface area contributed by atoms with Crippen molar-refractivity contribution in [1.29, 1.82) is 0 Å². The molecule has 0 saturated heterocycles. The Morgan fingerprint density at radius 2 is 1.90 bits per heavy atom. The highest BCUT2D eigenvalue weighted by atomic mass is 32.2. The Labute approximate surface area is 190 Å². The molecule has 0 aliphatic carbocycles. The summed E-state index contributed by atoms with van der Waals surface area (Å²) >= 11 is 3.12. The van der Waals surface area contributed by atoms with Crippen molar-refractivity contribution in [3.8, 4) is 22.2 Å². The van der Waals surface area contributed by atoms with Crippen molar-refractivity contribution in [2.24, 2.45) is 0 Å². The van der Waals surface area contributed by atoms with Crippen molar-refractivity contribution in [3.05, 3.63) is 65.9 Å². The van der Waals surface area contributed by atoms with Crippen LogP contribution in [0.1, 0.15) is 44.4 Å². The molecular weight excluding hydrogens is 426 g/mol. The maximum atomic E-state index is 5.89. The predicted octanol–water partition coefficient (Wildman–Crippen LogP) is 6.39. The van der Waals surface area contributed by atoms with Crippen molar-refractivity contribution in [2.75, 3.05) is 0 Å². The summed E-state index contributed by atoms with van der Waals surface area (Å²) in [5.74, 6) is 1.93. The summed E-state index contributed by atoms with van der Waals surface area (Å²) in [4.78, 5) is 0.965. The van der Waals surface area contributed by atoms with E-state index in [0.717, 1.165) is 21.4 Å². The second-order valence-corrected chi connectivity index (χ2v) is 10.5. The molecule has 4 aromatic rings. The van der Waals surface area contributed by atoms with Crippen LogP contribution in [0.4, 0.5) is 0 Å². The van der Waals surface area contributed by atoms with Gasteiger partial charge in [0.05, 0.1) is 10.1 Å². The van der Waals surface area contributed by atoms with Gasteiger partial charge in [0.1, 0.15) is 0 Å². The third kappa shape index (κ3) is 4.65. The quantitative estimate of drug-likeness (QED) is 0.239. The maximum absolute atomic E-state index is 5.89. The van der Waals surface area contributed by atoms with E-state index in [4.69, 9.17) is 4.42 Å². The highest BCUT2D eigenvalue weighted by Crippen LogP contribution is 2.36. The fourth-order valence-electron chi connectivity index (χ4n) is 3.11. The molecule has 3 aromatic heterocycles. The molecule has 1 unspecified atom stereocenters. The van der Waals surface area contributed by atoms with Gasteiger partial charge in [0.2, 0.25) is 5.89 Å². The highest BCUT2D eigenvalue weighted by Gasteiger charge is 2.22. The third-order valence-electron chi connectivity index (χ3n) is 4.84. The summed E-state index contributed by atoms with van der Waals surface area (Å²) in [6.45, 7) is 13.2. The number of nitrogens with zero attached hydrogens (tertiary/aromatic N) is 5. The van der Waals surface area contributed by atoms with Gasteiger partial charge >= 0.3 is 0 Å². The average molecular weight is 452 g/mol. The Kier molecular flexibility index (Phi) is 6.11. The highest BCUT2D eigenvalue weighted by molar-refractivity contribution is 7.99. The molecule has 0 bridgehead atoms. The van der Waals surface area contributed by atoms with E-state index in [1.54, 1.807) is 23.1 Å². The molecule has 31 heavy (non-hydrogen) atoms. The Balaban J connectivity index is 1.58. The molecule has 160 valence electrons. The van der Waals surface area contributed by atoms with Crippen LogP contribution in [0.5, 0.6) is 0 Å². The van der Waals surface area contributed by atoms with Gasteiger partial charge in [-0.15, -0.1) is 38.3 Å². The van der Waals surface area contributed by atoms with E-state index in [-0.39, 0.29) is 10.7 Å². The van der Waals surface area contributed by atoms with E-state index in [2.05, 4.69) is 76.6 Å². The fourth-order valence-corrected chi connectivity index (χ4v) is 4.64. The van der Waals surface area contributed by atoms with Crippen molar-refractivity contribution in [2.45, 2.75) is 50.1 Å². The number of hydrogen-bond donors (Lipinski definition) is 0. The van der Waals surface area contributed by atoms with Gasteiger partial charge in [-0.25, -0.2) is 0 Å². The average Bonchev–Trinajstić information content (AvgIpc) is 3.49. The van der Waals surface area contributed by atoms with Gasteiger partial charge in [0.25, 0.3) is 5.89 Å². The van der Waals surface area contributed by atoms with Crippen LogP contribution in [0.2, 0.25) is 0 Å². The minimum atomic E-state index is -0.0647. The second-order valence-electron chi connectivity index (χ2n) is 8.22. The van der Waals surface area contributed by atoms with Gasteiger partial charge in [-0.1, -0.05) is 68.9 Å². The molecule has 8 heteroatoms. The Morgan fingerprint density at radius 3 is 2.55 bits per heavy atom. The first-order valence-electron chi connectivity index (χ1n) is 10.1. The smallest absolute Gasteiger partial charge is 0.257 e. The minimum absolute atomic E-state index is 0.0647. The number of rotatable bonds is 7. The third-order valence-corrected chi connectivity index (χ3v) is 6.77. The minimum Gasteiger partial charge on any atom is -0.419 e. The van der Waals surface area contributed by atoms with Crippen LogP contribution in [0.15, 0.2) is 64.0 Å². The number of aromatic nitrogens is 5. The van der Waals surface area contributed by atoms with Gasteiger partial charge in [-0.05, 0) is 29.3 Å². The number of thiophene rings is 1. The summed E-state index contributed by atoms with van der Waals surface area (Å²) in [5, 5.41) is 20.0. The van der Waals surface area contributed by atoms with Crippen LogP contribution < -0.4 is 0 Å². The van der Waals surface area contributed by atoms with E-state index in [0.29, 0.717) is 18.3 Å². The predicted molar refractivity (Wildman–Crippen MR) is 126 cm³/mol. The first kappa shape index (κ1) is 21.5. The molecule has 0 fully saturated rings. The SMILES string of the molecule is C=CCn1c(SC(C)c2nnc(-c3cccs3)o2)nnc1-c1ccc(C(C)(C)C)cc1. The summed E-state index contributed by atoms with van der Waals surface area (Å²) < 4.78 is 7.95. The van der Waals surface area contributed by atoms with Crippen molar-refractivity contribution < 1.29 is 4.42 Å². The standard InChI is InChI=1S/C23H25N5OS2/c1-6-13-28-19(16-9-11-17(12-10-16)23(3,4)5)24-27-22(28)31-15(2)20-25-26-21(29-20)18-8-7-14-30-18/h6-12,14-15H,1,13H2,2-5H3. The topological polar surface area (TPSA) is 69.6 Å². The van der Waals surface area contributed by atoms with E-state index >= 15 is 0 Å². The zero-order valence-electron chi connectivity index (χ0n) is 18.1. The number of allylic oxidation sites excluding steroid dienone is 1. The molecule has 0 spiro atoms. The molecular formula is C23H25N5OS2. The van der Waals surface area contributed by atoms with E-state index in [9.17, 15) is 0 Å². The maximum Gasteiger partial charge on any atom is 0.257 e. The van der Waals surface area contributed by atoms with Gasteiger partial charge in [0.15, 0.2) is 11.0 Å². The molecule has 0 amide bonds. The van der Waals surface area contributed by atoms with Gasteiger partial charge in [-0.2, -0.15) is 0 Å².